The fraction of sp³-hybridized carbons (Fsp3) is 0.444. The summed E-state index contributed by atoms with van der Waals surface area (Å²) in [5.41, 5.74) is 1.86. The van der Waals surface area contributed by atoms with E-state index in [2.05, 4.69) is 44.8 Å². The number of nitrogens with zero attached hydrogens (tertiary/aromatic N) is 2. The number of carbonyl (C=O) groups is 1. The zero-order chi connectivity index (χ0) is 16.8. The third-order valence-electron chi connectivity index (χ3n) is 4.24. The lowest BCUT2D eigenvalue weighted by atomic mass is 10.0. The highest BCUT2D eigenvalue weighted by Crippen LogP contribution is 2.17. The van der Waals surface area contributed by atoms with Gasteiger partial charge in [-0.3, -0.25) is 9.69 Å². The lowest BCUT2D eigenvalue weighted by Gasteiger charge is -2.32. The fourth-order valence-corrected chi connectivity index (χ4v) is 3.71. The lowest BCUT2D eigenvalue weighted by molar-refractivity contribution is 0.0904. The summed E-state index contributed by atoms with van der Waals surface area (Å²) in [6.07, 6.45) is 1.98. The van der Waals surface area contributed by atoms with Crippen LogP contribution in [-0.2, 0) is 6.54 Å². The molecule has 1 aromatic carbocycles. The first-order valence-electron chi connectivity index (χ1n) is 8.51. The third kappa shape index (κ3) is 4.55. The summed E-state index contributed by atoms with van der Waals surface area (Å²) in [7, 11) is 0. The molecule has 1 aliphatic rings. The number of piperidine rings is 1. The highest BCUT2D eigenvalue weighted by atomic mass is 32.1. The van der Waals surface area contributed by atoms with E-state index in [1.54, 1.807) is 0 Å². The minimum Gasteiger partial charge on any atom is -0.362 e. The Labute approximate surface area is 147 Å². The molecule has 2 heterocycles. The molecule has 24 heavy (non-hydrogen) atoms. The fourth-order valence-electron chi connectivity index (χ4n) is 2.95. The minimum absolute atomic E-state index is 0.0584. The number of rotatable bonds is 6. The third-order valence-corrected chi connectivity index (χ3v) is 5.04. The van der Waals surface area contributed by atoms with Gasteiger partial charge in [0.2, 0.25) is 0 Å². The molecule has 1 aliphatic heterocycles. The summed E-state index contributed by atoms with van der Waals surface area (Å²) in [6, 6.07) is 10.8. The van der Waals surface area contributed by atoms with Crippen LogP contribution < -0.4 is 10.6 Å². The summed E-state index contributed by atoms with van der Waals surface area (Å²) < 4.78 is 0. The van der Waals surface area contributed by atoms with E-state index in [-0.39, 0.29) is 11.9 Å². The van der Waals surface area contributed by atoms with Crippen molar-refractivity contribution in [1.82, 2.24) is 15.2 Å². The minimum atomic E-state index is -0.0584. The van der Waals surface area contributed by atoms with Crippen LogP contribution in [-0.4, -0.2) is 41.5 Å². The summed E-state index contributed by atoms with van der Waals surface area (Å²) in [4.78, 5) is 19.1. The smallest absolute Gasteiger partial charge is 0.271 e. The molecule has 1 fully saturated rings. The summed E-state index contributed by atoms with van der Waals surface area (Å²) in [5.74, 6) is -0.0584. The Bertz CT molecular complexity index is 650. The molecule has 1 aromatic heterocycles. The number of amides is 1. The number of benzene rings is 1. The Hall–Kier alpha value is -1.92. The quantitative estimate of drug-likeness (QED) is 0.846. The Morgan fingerprint density at radius 1 is 1.29 bits per heavy atom. The van der Waals surface area contributed by atoms with Gasteiger partial charge in [-0.25, -0.2) is 4.98 Å². The van der Waals surface area contributed by atoms with E-state index in [9.17, 15) is 4.79 Å². The number of thiazole rings is 1. The van der Waals surface area contributed by atoms with E-state index in [1.807, 2.05) is 18.4 Å². The molecule has 6 heteroatoms. The summed E-state index contributed by atoms with van der Waals surface area (Å²) in [5, 5.41) is 8.89. The predicted molar refractivity (Wildman–Crippen MR) is 98.5 cm³/mol. The topological polar surface area (TPSA) is 57.3 Å². The van der Waals surface area contributed by atoms with E-state index in [0.717, 1.165) is 44.2 Å². The molecule has 0 aliphatic carbocycles. The molecule has 0 radical (unpaired) electrons. The standard InChI is InChI=1S/C18H24N4OS/c1-2-19-18-21-16(13-24-18)17(23)20-15-8-10-22(11-9-15)12-14-6-4-3-5-7-14/h3-7,13,15H,2,8-12H2,1H3,(H,19,21)(H,20,23). The largest absolute Gasteiger partial charge is 0.362 e. The van der Waals surface area contributed by atoms with Gasteiger partial charge in [0.05, 0.1) is 0 Å². The number of carbonyl (C=O) groups excluding carboxylic acids is 1. The van der Waals surface area contributed by atoms with Crippen molar-refractivity contribution in [2.75, 3.05) is 25.0 Å². The zero-order valence-electron chi connectivity index (χ0n) is 14.0. The van der Waals surface area contributed by atoms with Crippen LogP contribution in [0.2, 0.25) is 0 Å². The SMILES string of the molecule is CCNc1nc(C(=O)NC2CCN(Cc3ccccc3)CC2)cs1. The molecule has 1 amide bonds. The second-order valence-corrected chi connectivity index (χ2v) is 6.94. The van der Waals surface area contributed by atoms with Crippen molar-refractivity contribution in [2.24, 2.45) is 0 Å². The Morgan fingerprint density at radius 2 is 2.04 bits per heavy atom. The van der Waals surface area contributed by atoms with E-state index in [1.165, 1.54) is 16.9 Å². The van der Waals surface area contributed by atoms with Crippen LogP contribution >= 0.6 is 11.3 Å². The van der Waals surface area contributed by atoms with Crippen molar-refractivity contribution >= 4 is 22.4 Å². The van der Waals surface area contributed by atoms with Crippen molar-refractivity contribution in [3.63, 3.8) is 0 Å². The Balaban J connectivity index is 1.45. The molecule has 5 nitrogen and oxygen atoms in total. The number of nitrogens with one attached hydrogen (secondary N) is 2. The maximum atomic E-state index is 12.3. The van der Waals surface area contributed by atoms with Gasteiger partial charge in [-0.1, -0.05) is 30.3 Å². The monoisotopic (exact) mass is 344 g/mol. The number of aromatic nitrogens is 1. The van der Waals surface area contributed by atoms with Gasteiger partial charge in [-0.2, -0.15) is 0 Å². The molecule has 0 spiro atoms. The van der Waals surface area contributed by atoms with Crippen LogP contribution in [0.1, 0.15) is 35.8 Å². The van der Waals surface area contributed by atoms with Gasteiger partial charge in [0, 0.05) is 37.6 Å². The van der Waals surface area contributed by atoms with Crippen molar-refractivity contribution < 1.29 is 4.79 Å². The van der Waals surface area contributed by atoms with Crippen LogP contribution in [0.3, 0.4) is 0 Å². The van der Waals surface area contributed by atoms with Gasteiger partial charge in [0.25, 0.3) is 5.91 Å². The van der Waals surface area contributed by atoms with E-state index >= 15 is 0 Å². The highest BCUT2D eigenvalue weighted by Gasteiger charge is 2.22. The number of hydrogen-bond acceptors (Lipinski definition) is 5. The zero-order valence-corrected chi connectivity index (χ0v) is 14.8. The second-order valence-electron chi connectivity index (χ2n) is 6.08. The number of likely N-dealkylation sites (tertiary alicyclic amines) is 1. The van der Waals surface area contributed by atoms with Gasteiger partial charge < -0.3 is 10.6 Å². The van der Waals surface area contributed by atoms with Crippen LogP contribution in [0.15, 0.2) is 35.7 Å². The Kier molecular flexibility index (Phi) is 5.82. The van der Waals surface area contributed by atoms with Crippen LogP contribution in [0.5, 0.6) is 0 Å². The molecule has 1 saturated heterocycles. The van der Waals surface area contributed by atoms with Crippen molar-refractivity contribution in [3.8, 4) is 0 Å². The van der Waals surface area contributed by atoms with E-state index in [0.29, 0.717) is 5.69 Å². The van der Waals surface area contributed by atoms with Crippen molar-refractivity contribution in [2.45, 2.75) is 32.4 Å². The molecule has 0 unspecified atom stereocenters. The molecule has 2 aromatic rings. The van der Waals surface area contributed by atoms with Crippen molar-refractivity contribution in [3.05, 3.63) is 47.0 Å². The van der Waals surface area contributed by atoms with Gasteiger partial charge >= 0.3 is 0 Å². The molecule has 128 valence electrons. The molecular weight excluding hydrogens is 320 g/mol. The normalized spacial score (nSPS) is 16.0. The van der Waals surface area contributed by atoms with Crippen LogP contribution in [0.4, 0.5) is 5.13 Å². The number of anilines is 1. The molecule has 0 atom stereocenters. The molecular formula is C18H24N4OS. The molecule has 0 saturated carbocycles. The van der Waals surface area contributed by atoms with Gasteiger partial charge in [-0.15, -0.1) is 11.3 Å². The lowest BCUT2D eigenvalue weighted by Crippen LogP contribution is -2.44. The molecule has 3 rings (SSSR count). The second kappa shape index (κ2) is 8.26. The molecule has 2 N–H and O–H groups in total. The summed E-state index contributed by atoms with van der Waals surface area (Å²) in [6.45, 7) is 5.84. The number of hydrogen-bond donors (Lipinski definition) is 2. The van der Waals surface area contributed by atoms with Gasteiger partial charge in [-0.05, 0) is 25.3 Å². The molecule has 0 bridgehead atoms. The average molecular weight is 344 g/mol. The van der Waals surface area contributed by atoms with Crippen LogP contribution in [0.25, 0.3) is 0 Å². The first-order chi connectivity index (χ1) is 11.7. The average Bonchev–Trinajstić information content (AvgIpc) is 3.07. The maximum Gasteiger partial charge on any atom is 0.271 e. The maximum absolute atomic E-state index is 12.3. The van der Waals surface area contributed by atoms with Gasteiger partial charge in [0.1, 0.15) is 5.69 Å². The van der Waals surface area contributed by atoms with Crippen LogP contribution in [0, 0.1) is 0 Å². The first kappa shape index (κ1) is 16.9. The first-order valence-corrected chi connectivity index (χ1v) is 9.39. The predicted octanol–water partition coefficient (Wildman–Crippen LogP) is 2.97. The highest BCUT2D eigenvalue weighted by molar-refractivity contribution is 7.13. The van der Waals surface area contributed by atoms with E-state index in [4.69, 9.17) is 0 Å². The van der Waals surface area contributed by atoms with E-state index < -0.39 is 0 Å². The van der Waals surface area contributed by atoms with Gasteiger partial charge in [0.15, 0.2) is 5.13 Å². The summed E-state index contributed by atoms with van der Waals surface area (Å²) >= 11 is 1.47. The van der Waals surface area contributed by atoms with Crippen molar-refractivity contribution in [1.29, 1.82) is 0 Å². The Morgan fingerprint density at radius 3 is 2.75 bits per heavy atom.